The van der Waals surface area contributed by atoms with Gasteiger partial charge in [-0.25, -0.2) is 13.2 Å². The van der Waals surface area contributed by atoms with Gasteiger partial charge in [0, 0.05) is 17.7 Å². The summed E-state index contributed by atoms with van der Waals surface area (Å²) in [5, 5.41) is 3.10. The Balaban J connectivity index is 2.26. The van der Waals surface area contributed by atoms with Crippen LogP contribution in [0.5, 0.6) is 0 Å². The highest BCUT2D eigenvalue weighted by molar-refractivity contribution is 5.64. The second-order valence-corrected chi connectivity index (χ2v) is 4.58. The molecule has 2 rings (SSSR count). The molecule has 4 heteroatoms. The Hall–Kier alpha value is -1.81. The van der Waals surface area contributed by atoms with E-state index in [0.717, 1.165) is 19.0 Å². The van der Waals surface area contributed by atoms with Crippen LogP contribution in [-0.4, -0.2) is 6.54 Å². The molecule has 0 aliphatic rings. The maximum atomic E-state index is 13.9. The topological polar surface area (TPSA) is 12.0 Å². The van der Waals surface area contributed by atoms with E-state index in [0.29, 0.717) is 17.7 Å². The predicted molar refractivity (Wildman–Crippen MR) is 73.7 cm³/mol. The van der Waals surface area contributed by atoms with Crippen LogP contribution in [0.4, 0.5) is 13.2 Å². The van der Waals surface area contributed by atoms with Crippen molar-refractivity contribution in [1.82, 2.24) is 5.32 Å². The van der Waals surface area contributed by atoms with Crippen molar-refractivity contribution in [3.63, 3.8) is 0 Å². The van der Waals surface area contributed by atoms with Gasteiger partial charge in [0.1, 0.15) is 5.82 Å². The van der Waals surface area contributed by atoms with E-state index in [1.807, 2.05) is 6.92 Å². The molecule has 0 atom stereocenters. The highest BCUT2D eigenvalue weighted by Crippen LogP contribution is 2.26. The Morgan fingerprint density at radius 3 is 2.50 bits per heavy atom. The van der Waals surface area contributed by atoms with Gasteiger partial charge in [-0.1, -0.05) is 31.2 Å². The lowest BCUT2D eigenvalue weighted by molar-refractivity contribution is 0.511. The first-order chi connectivity index (χ1) is 9.63. The van der Waals surface area contributed by atoms with Gasteiger partial charge in [-0.3, -0.25) is 0 Å². The summed E-state index contributed by atoms with van der Waals surface area (Å²) < 4.78 is 40.8. The first kappa shape index (κ1) is 14.6. The Bertz CT molecular complexity index is 596. The van der Waals surface area contributed by atoms with Crippen molar-refractivity contribution in [1.29, 1.82) is 0 Å². The van der Waals surface area contributed by atoms with E-state index in [1.54, 1.807) is 12.1 Å². The summed E-state index contributed by atoms with van der Waals surface area (Å²) in [5.41, 5.74) is 0.912. The van der Waals surface area contributed by atoms with Gasteiger partial charge in [0.2, 0.25) is 0 Å². The number of rotatable bonds is 5. The Labute approximate surface area is 116 Å². The van der Waals surface area contributed by atoms with E-state index >= 15 is 0 Å². The SMILES string of the molecule is CCCNCc1ccc(-c2cccc(F)c2F)cc1F. The van der Waals surface area contributed by atoms with Gasteiger partial charge in [0.25, 0.3) is 0 Å². The fraction of sp³-hybridized carbons (Fsp3) is 0.250. The molecule has 0 radical (unpaired) electrons. The van der Waals surface area contributed by atoms with Crippen LogP contribution in [0.2, 0.25) is 0 Å². The smallest absolute Gasteiger partial charge is 0.166 e. The summed E-state index contributed by atoms with van der Waals surface area (Å²) in [4.78, 5) is 0. The molecule has 1 nitrogen and oxygen atoms in total. The van der Waals surface area contributed by atoms with Crippen LogP contribution in [0.1, 0.15) is 18.9 Å². The van der Waals surface area contributed by atoms with Gasteiger partial charge in [-0.15, -0.1) is 0 Å². The van der Waals surface area contributed by atoms with Crippen molar-refractivity contribution >= 4 is 0 Å². The van der Waals surface area contributed by atoms with E-state index in [1.165, 1.54) is 18.2 Å². The molecular weight excluding hydrogens is 263 g/mol. The van der Waals surface area contributed by atoms with Gasteiger partial charge >= 0.3 is 0 Å². The number of hydrogen-bond donors (Lipinski definition) is 1. The summed E-state index contributed by atoms with van der Waals surface area (Å²) >= 11 is 0. The van der Waals surface area contributed by atoms with Crippen LogP contribution in [-0.2, 0) is 6.54 Å². The fourth-order valence-electron chi connectivity index (χ4n) is 1.98. The minimum atomic E-state index is -0.955. The molecule has 0 bridgehead atoms. The monoisotopic (exact) mass is 279 g/mol. The van der Waals surface area contributed by atoms with Gasteiger partial charge in [-0.2, -0.15) is 0 Å². The van der Waals surface area contributed by atoms with Crippen LogP contribution in [0.25, 0.3) is 11.1 Å². The third-order valence-corrected chi connectivity index (χ3v) is 3.06. The zero-order valence-corrected chi connectivity index (χ0v) is 11.2. The second-order valence-electron chi connectivity index (χ2n) is 4.58. The van der Waals surface area contributed by atoms with E-state index in [2.05, 4.69) is 5.32 Å². The van der Waals surface area contributed by atoms with Crippen molar-refractivity contribution in [2.45, 2.75) is 19.9 Å². The third kappa shape index (κ3) is 3.20. The van der Waals surface area contributed by atoms with Gasteiger partial charge in [-0.05, 0) is 30.7 Å². The van der Waals surface area contributed by atoms with Crippen LogP contribution in [0, 0.1) is 17.5 Å². The Morgan fingerprint density at radius 2 is 1.80 bits per heavy atom. The molecular formula is C16H16F3N. The predicted octanol–water partition coefficient (Wildman–Crippen LogP) is 4.27. The van der Waals surface area contributed by atoms with Crippen molar-refractivity contribution in [2.75, 3.05) is 6.54 Å². The zero-order valence-electron chi connectivity index (χ0n) is 11.2. The third-order valence-electron chi connectivity index (χ3n) is 3.06. The van der Waals surface area contributed by atoms with Crippen LogP contribution in [0.3, 0.4) is 0 Å². The number of nitrogens with one attached hydrogen (secondary N) is 1. The van der Waals surface area contributed by atoms with Crippen LogP contribution in [0.15, 0.2) is 36.4 Å². The standard InChI is InChI=1S/C16H16F3N/c1-2-8-20-10-12-7-6-11(9-15(12)18)13-4-3-5-14(17)16(13)19/h3-7,9,20H,2,8,10H2,1H3. The zero-order chi connectivity index (χ0) is 14.5. The Morgan fingerprint density at radius 1 is 1.00 bits per heavy atom. The van der Waals surface area contributed by atoms with E-state index < -0.39 is 17.5 Å². The van der Waals surface area contributed by atoms with Gasteiger partial charge in [0.05, 0.1) is 0 Å². The van der Waals surface area contributed by atoms with Crippen molar-refractivity contribution in [3.8, 4) is 11.1 Å². The number of benzene rings is 2. The summed E-state index contributed by atoms with van der Waals surface area (Å²) in [5.74, 6) is -2.31. The molecule has 2 aromatic rings. The van der Waals surface area contributed by atoms with Crippen LogP contribution >= 0.6 is 0 Å². The van der Waals surface area contributed by atoms with Crippen molar-refractivity contribution in [3.05, 3.63) is 59.4 Å². The van der Waals surface area contributed by atoms with Crippen LogP contribution < -0.4 is 5.32 Å². The minimum Gasteiger partial charge on any atom is -0.313 e. The molecule has 0 spiro atoms. The molecule has 0 amide bonds. The molecule has 0 heterocycles. The molecule has 0 aliphatic carbocycles. The summed E-state index contributed by atoms with van der Waals surface area (Å²) in [7, 11) is 0. The maximum Gasteiger partial charge on any atom is 0.166 e. The first-order valence-electron chi connectivity index (χ1n) is 6.57. The van der Waals surface area contributed by atoms with Gasteiger partial charge in [0.15, 0.2) is 11.6 Å². The molecule has 0 saturated heterocycles. The van der Waals surface area contributed by atoms with E-state index in [4.69, 9.17) is 0 Å². The number of halogens is 3. The average Bonchev–Trinajstić information content (AvgIpc) is 2.44. The van der Waals surface area contributed by atoms with Gasteiger partial charge < -0.3 is 5.32 Å². The highest BCUT2D eigenvalue weighted by Gasteiger charge is 2.11. The molecule has 1 N–H and O–H groups in total. The summed E-state index contributed by atoms with van der Waals surface area (Å²) in [6.07, 6.45) is 0.966. The highest BCUT2D eigenvalue weighted by atomic mass is 19.2. The Kier molecular flexibility index (Phi) is 4.79. The second kappa shape index (κ2) is 6.57. The van der Waals surface area contributed by atoms with Crippen molar-refractivity contribution in [2.24, 2.45) is 0 Å². The molecule has 20 heavy (non-hydrogen) atoms. The molecule has 106 valence electrons. The lowest BCUT2D eigenvalue weighted by Gasteiger charge is -2.08. The lowest BCUT2D eigenvalue weighted by atomic mass is 10.0. The molecule has 2 aromatic carbocycles. The van der Waals surface area contributed by atoms with E-state index in [-0.39, 0.29) is 5.56 Å². The molecule has 0 unspecified atom stereocenters. The molecule has 0 aliphatic heterocycles. The fourth-order valence-corrected chi connectivity index (χ4v) is 1.98. The number of hydrogen-bond acceptors (Lipinski definition) is 1. The quantitative estimate of drug-likeness (QED) is 0.806. The van der Waals surface area contributed by atoms with Crippen molar-refractivity contribution < 1.29 is 13.2 Å². The molecule has 0 saturated carbocycles. The van der Waals surface area contributed by atoms with E-state index in [9.17, 15) is 13.2 Å². The minimum absolute atomic E-state index is 0.0666. The first-order valence-corrected chi connectivity index (χ1v) is 6.57. The lowest BCUT2D eigenvalue weighted by Crippen LogP contribution is -2.14. The molecule has 0 fully saturated rings. The maximum absolute atomic E-state index is 13.9. The summed E-state index contributed by atoms with van der Waals surface area (Å²) in [6, 6.07) is 8.31. The summed E-state index contributed by atoms with van der Waals surface area (Å²) in [6.45, 7) is 3.25. The largest absolute Gasteiger partial charge is 0.313 e. The molecule has 0 aromatic heterocycles. The average molecular weight is 279 g/mol. The normalized spacial score (nSPS) is 10.8.